The number of hydrogen-bond acceptors (Lipinski definition) is 8. The number of hydrogen-bond donors (Lipinski definition) is 4. The van der Waals surface area contributed by atoms with Gasteiger partial charge in [-0.15, -0.1) is 0 Å². The van der Waals surface area contributed by atoms with Crippen LogP contribution in [0, 0.1) is 80.3 Å². The monoisotopic (exact) mass is 1000 g/mol. The molecule has 72 heavy (non-hydrogen) atoms. The van der Waals surface area contributed by atoms with Crippen molar-refractivity contribution in [2.24, 2.45) is 85.3 Å². The van der Waals surface area contributed by atoms with Crippen molar-refractivity contribution in [2.75, 3.05) is 5.32 Å². The number of amides is 2. The van der Waals surface area contributed by atoms with E-state index in [9.17, 15) is 19.5 Å². The van der Waals surface area contributed by atoms with E-state index in [4.69, 9.17) is 14.5 Å². The molecule has 2 heterocycles. The number of carboxylic acids is 1. The normalized spacial score (nSPS) is 28.5. The third-order valence-electron chi connectivity index (χ3n) is 16.7. The third-order valence-corrected chi connectivity index (χ3v) is 16.7. The molecule has 1 aromatic rings. The quantitative estimate of drug-likeness (QED) is 0.167. The molecule has 1 aliphatic heterocycles. The van der Waals surface area contributed by atoms with Gasteiger partial charge in [-0.25, -0.2) is 14.6 Å². The zero-order valence-corrected chi connectivity index (χ0v) is 48.4. The van der Waals surface area contributed by atoms with E-state index in [0.717, 1.165) is 25.7 Å². The Morgan fingerprint density at radius 3 is 1.46 bits per heavy atom. The fraction of sp³-hybridized carbons (Fsp3) is 0.767. The van der Waals surface area contributed by atoms with Gasteiger partial charge in [0.2, 0.25) is 11.8 Å². The molecule has 6 unspecified atom stereocenters. The molecule has 12 heteroatoms. The third kappa shape index (κ3) is 13.2. The van der Waals surface area contributed by atoms with Gasteiger partial charge in [0.1, 0.15) is 35.0 Å². The first-order valence-electron chi connectivity index (χ1n) is 27.4. The molecular formula is C60H96N4O8. The van der Waals surface area contributed by atoms with Gasteiger partial charge in [-0.1, -0.05) is 158 Å². The summed E-state index contributed by atoms with van der Waals surface area (Å²) in [6.07, 6.45) is 6.82. The van der Waals surface area contributed by atoms with Gasteiger partial charge in [-0.3, -0.25) is 14.4 Å². The maximum atomic E-state index is 15.4. The minimum absolute atomic E-state index is 0.0508. The number of amidine groups is 1. The van der Waals surface area contributed by atoms with Crippen molar-refractivity contribution >= 4 is 47.5 Å². The van der Waals surface area contributed by atoms with E-state index in [0.29, 0.717) is 60.0 Å². The summed E-state index contributed by atoms with van der Waals surface area (Å²) in [7, 11) is 0. The average molecular weight is 1000 g/mol. The molecule has 0 bridgehead atoms. The van der Waals surface area contributed by atoms with Gasteiger partial charge in [-0.2, -0.15) is 0 Å². The molecular weight excluding hydrogens is 905 g/mol. The van der Waals surface area contributed by atoms with Gasteiger partial charge in [-0.05, 0) is 101 Å². The van der Waals surface area contributed by atoms with E-state index < -0.39 is 53.3 Å². The lowest BCUT2D eigenvalue weighted by Crippen LogP contribution is -2.50. The number of rotatable bonds is 10. The number of anilines is 1. The van der Waals surface area contributed by atoms with Crippen LogP contribution in [0.5, 0.6) is 0 Å². The molecule has 3 fully saturated rings. The number of esters is 2. The van der Waals surface area contributed by atoms with E-state index in [1.165, 1.54) is 0 Å². The molecule has 3 saturated carbocycles. The lowest BCUT2D eigenvalue weighted by molar-refractivity contribution is -0.164. The van der Waals surface area contributed by atoms with Crippen LogP contribution in [-0.2, 0) is 28.7 Å². The number of carbonyl (C=O) groups is 5. The van der Waals surface area contributed by atoms with E-state index >= 15 is 9.59 Å². The molecule has 2 amide bonds. The Hall–Kier alpha value is -4.22. The summed E-state index contributed by atoms with van der Waals surface area (Å²) in [4.78, 5) is 80.1. The molecule has 5 rings (SSSR count). The number of aliphatic carboxylic acids is 1. The first-order chi connectivity index (χ1) is 32.8. The molecule has 3 aliphatic carbocycles. The van der Waals surface area contributed by atoms with Crippen molar-refractivity contribution < 1.29 is 38.6 Å². The lowest BCUT2D eigenvalue weighted by atomic mass is 9.59. The number of ether oxygens (including phenoxy) is 2. The zero-order chi connectivity index (χ0) is 54.5. The van der Waals surface area contributed by atoms with Crippen molar-refractivity contribution in [3.05, 3.63) is 33.7 Å². The number of nitrogens with one attached hydrogen (secondary N) is 3. The van der Waals surface area contributed by atoms with E-state index in [2.05, 4.69) is 113 Å². The molecule has 12 nitrogen and oxygen atoms in total. The van der Waals surface area contributed by atoms with Gasteiger partial charge >= 0.3 is 17.9 Å². The van der Waals surface area contributed by atoms with Gasteiger partial charge in [0.25, 0.3) is 0 Å². The Balaban J connectivity index is 1.76. The van der Waals surface area contributed by atoms with E-state index in [1.807, 2.05) is 48.5 Å². The summed E-state index contributed by atoms with van der Waals surface area (Å²) in [6.45, 7) is 44.4. The van der Waals surface area contributed by atoms with Crippen molar-refractivity contribution in [2.45, 2.75) is 215 Å². The second kappa shape index (κ2) is 21.6. The number of aliphatic imine (C=N–C) groups is 1. The average Bonchev–Trinajstić information content (AvgIpc) is 3.77. The predicted octanol–water partition coefficient (Wildman–Crippen LogP) is 13.8. The van der Waals surface area contributed by atoms with Gasteiger partial charge in [0.05, 0.1) is 17.5 Å². The van der Waals surface area contributed by atoms with Gasteiger partial charge < -0.3 is 30.2 Å². The SMILES string of the molecule is CC1CC(C(C)(C)C)C(OC(=O)C2=C(C(C)C)C(=Cc3[nH]c(NC(=O)C4CCCCC4C(=O)O)c(C(=O)OC4C(C(C)(C)C)CC(C)CC4C(C)(C)C)c3C(C)C)N=C2NC(=O)C(C)(C)C)C(C(C)(C)C)C1. The Morgan fingerprint density at radius 2 is 1.07 bits per heavy atom. The minimum atomic E-state index is -1.01. The Morgan fingerprint density at radius 1 is 0.639 bits per heavy atom. The predicted molar refractivity (Wildman–Crippen MR) is 289 cm³/mol. The van der Waals surface area contributed by atoms with Crippen LogP contribution in [0.4, 0.5) is 5.82 Å². The van der Waals surface area contributed by atoms with Crippen LogP contribution < -0.4 is 10.6 Å². The first-order valence-corrected chi connectivity index (χ1v) is 27.4. The highest BCUT2D eigenvalue weighted by molar-refractivity contribution is 6.26. The van der Waals surface area contributed by atoms with Gasteiger partial charge in [0.15, 0.2) is 0 Å². The zero-order valence-electron chi connectivity index (χ0n) is 48.4. The second-order valence-corrected chi connectivity index (χ2v) is 28.6. The number of carbonyl (C=O) groups excluding carboxylic acids is 4. The van der Waals surface area contributed by atoms with Crippen molar-refractivity contribution in [1.82, 2.24) is 10.3 Å². The number of aromatic amines is 1. The fourth-order valence-corrected chi connectivity index (χ4v) is 12.5. The minimum Gasteiger partial charge on any atom is -0.481 e. The molecule has 4 aliphatic rings. The van der Waals surface area contributed by atoms with Crippen LogP contribution >= 0.6 is 0 Å². The molecule has 0 aromatic carbocycles. The van der Waals surface area contributed by atoms with Crippen LogP contribution in [0.2, 0.25) is 0 Å². The van der Waals surface area contributed by atoms with Gasteiger partial charge in [0, 0.05) is 34.8 Å². The lowest BCUT2D eigenvalue weighted by Gasteiger charge is -2.50. The maximum absolute atomic E-state index is 15.4. The second-order valence-electron chi connectivity index (χ2n) is 28.6. The molecule has 404 valence electrons. The van der Waals surface area contributed by atoms with Crippen molar-refractivity contribution in [3.8, 4) is 0 Å². The molecule has 0 radical (unpaired) electrons. The summed E-state index contributed by atoms with van der Waals surface area (Å²) in [5, 5.41) is 16.3. The highest BCUT2D eigenvalue weighted by Crippen LogP contribution is 2.52. The van der Waals surface area contributed by atoms with Crippen molar-refractivity contribution in [1.29, 1.82) is 0 Å². The number of nitrogens with zero attached hydrogens (tertiary/aromatic N) is 1. The highest BCUT2D eigenvalue weighted by Gasteiger charge is 2.51. The number of H-pyrrole nitrogens is 1. The standard InChI is InChI=1S/C60H96N4O8/c1-31(2)43-41(30-42-44(32(3)4)46(50(62-42)64-55(70)60(19,20)21)54(69)72-48-39(58(13,14)15)28-34(6)29-40(48)59(16,17)18)61-49(63-51(65)35-24-22-23-25-36(35)52(66)67)45(43)53(68)71-47-37(56(7,8)9)26-33(5)27-38(47)57(10,11)12/h30-40,47-48,61H,22-29H2,1-21H3,(H,63,65)(H,66,67)(H,62,64,70). The molecule has 0 spiro atoms. The Labute approximate surface area is 433 Å². The molecule has 4 N–H and O–H groups in total. The van der Waals surface area contributed by atoms with Crippen LogP contribution in [0.15, 0.2) is 21.8 Å². The van der Waals surface area contributed by atoms with Crippen LogP contribution in [0.3, 0.4) is 0 Å². The topological polar surface area (TPSA) is 176 Å². The van der Waals surface area contributed by atoms with E-state index in [1.54, 1.807) is 6.08 Å². The number of aromatic nitrogens is 1. The van der Waals surface area contributed by atoms with Crippen LogP contribution in [-0.4, -0.2) is 57.9 Å². The maximum Gasteiger partial charge on any atom is 0.342 e. The van der Waals surface area contributed by atoms with Crippen molar-refractivity contribution in [3.63, 3.8) is 0 Å². The smallest absolute Gasteiger partial charge is 0.342 e. The largest absolute Gasteiger partial charge is 0.481 e. The Kier molecular flexibility index (Phi) is 17.6. The fourth-order valence-electron chi connectivity index (χ4n) is 12.5. The van der Waals surface area contributed by atoms with Crippen LogP contribution in [0.25, 0.3) is 6.08 Å². The van der Waals surface area contributed by atoms with E-state index in [-0.39, 0.29) is 85.9 Å². The summed E-state index contributed by atoms with van der Waals surface area (Å²) >= 11 is 0. The molecule has 1 aromatic heterocycles. The number of allylic oxidation sites excluding steroid dienone is 1. The summed E-state index contributed by atoms with van der Waals surface area (Å²) in [5.41, 5.74) is 0.895. The number of carboxylic acid groups (broad SMARTS) is 1. The van der Waals surface area contributed by atoms with Crippen LogP contribution in [0.1, 0.15) is 224 Å². The summed E-state index contributed by atoms with van der Waals surface area (Å²) in [6, 6.07) is 0. The molecule has 6 atom stereocenters. The Bertz CT molecular complexity index is 2250. The first kappa shape index (κ1) is 58.7. The molecule has 0 saturated heterocycles. The summed E-state index contributed by atoms with van der Waals surface area (Å²) < 4.78 is 13.7. The summed E-state index contributed by atoms with van der Waals surface area (Å²) in [5.74, 6) is -3.81. The highest BCUT2D eigenvalue weighted by atomic mass is 16.5.